The van der Waals surface area contributed by atoms with Gasteiger partial charge in [-0.2, -0.15) is 0 Å². The van der Waals surface area contributed by atoms with E-state index in [2.05, 4.69) is 4.99 Å². The molecule has 1 heterocycles. The fraction of sp³-hybridized carbons (Fsp3) is 0.200. The molecule has 0 N–H and O–H groups in total. The number of rotatable bonds is 5. The van der Waals surface area contributed by atoms with Gasteiger partial charge in [-0.1, -0.05) is 41.6 Å². The van der Waals surface area contributed by atoms with Crippen molar-refractivity contribution >= 4 is 28.8 Å². The topological polar surface area (TPSA) is 57.1 Å². The van der Waals surface area contributed by atoms with Crippen molar-refractivity contribution in [2.45, 2.75) is 6.92 Å². The van der Waals surface area contributed by atoms with Gasteiger partial charge in [0.2, 0.25) is 0 Å². The number of methoxy groups -OCH3 is 3. The Morgan fingerprint density at radius 1 is 0.923 bits per heavy atom. The van der Waals surface area contributed by atoms with Crippen LogP contribution in [0.5, 0.6) is 17.2 Å². The van der Waals surface area contributed by atoms with E-state index in [0.717, 1.165) is 16.7 Å². The van der Waals surface area contributed by atoms with Crippen LogP contribution in [0.4, 0.5) is 0 Å². The molecular weight excluding hydrogens is 350 g/mol. The number of nitrogens with zero attached hydrogens (tertiary/aromatic N) is 1. The second kappa shape index (κ2) is 7.66. The second-order valence-corrected chi connectivity index (χ2v) is 6.68. The molecule has 6 heteroatoms. The van der Waals surface area contributed by atoms with Crippen molar-refractivity contribution in [1.82, 2.24) is 0 Å². The summed E-state index contributed by atoms with van der Waals surface area (Å²) in [5.74, 6) is 1.46. The normalized spacial score (nSPS) is 15.2. The lowest BCUT2D eigenvalue weighted by molar-refractivity contribution is -0.113. The molecule has 0 spiro atoms. The van der Waals surface area contributed by atoms with E-state index in [-0.39, 0.29) is 5.91 Å². The molecule has 0 fully saturated rings. The number of carbonyl (C=O) groups excluding carboxylic acids is 1. The predicted octanol–water partition coefficient (Wildman–Crippen LogP) is 4.08. The Morgan fingerprint density at radius 2 is 1.54 bits per heavy atom. The van der Waals surface area contributed by atoms with E-state index in [1.165, 1.54) is 11.8 Å². The molecule has 3 rings (SSSR count). The van der Waals surface area contributed by atoms with Crippen molar-refractivity contribution in [2.24, 2.45) is 4.99 Å². The fourth-order valence-corrected chi connectivity index (χ4v) is 3.45. The predicted molar refractivity (Wildman–Crippen MR) is 104 cm³/mol. The first-order valence-electron chi connectivity index (χ1n) is 7.95. The van der Waals surface area contributed by atoms with Crippen LogP contribution in [0.15, 0.2) is 46.3 Å². The highest BCUT2D eigenvalue weighted by atomic mass is 32.2. The van der Waals surface area contributed by atoms with Gasteiger partial charge in [0.05, 0.1) is 26.2 Å². The zero-order valence-corrected chi connectivity index (χ0v) is 15.8. The van der Waals surface area contributed by atoms with Crippen LogP contribution in [-0.2, 0) is 4.79 Å². The van der Waals surface area contributed by atoms with Crippen LogP contribution in [-0.4, -0.2) is 32.3 Å². The van der Waals surface area contributed by atoms with E-state index in [0.29, 0.717) is 27.2 Å². The van der Waals surface area contributed by atoms with Gasteiger partial charge in [0.25, 0.3) is 5.91 Å². The van der Waals surface area contributed by atoms with Gasteiger partial charge in [0.1, 0.15) is 10.8 Å². The molecule has 2 aromatic rings. The van der Waals surface area contributed by atoms with Crippen molar-refractivity contribution in [3.63, 3.8) is 0 Å². The van der Waals surface area contributed by atoms with E-state index >= 15 is 0 Å². The molecule has 0 saturated carbocycles. The van der Waals surface area contributed by atoms with E-state index in [9.17, 15) is 4.79 Å². The Bertz CT molecular complexity index is 901. The van der Waals surface area contributed by atoms with Crippen molar-refractivity contribution < 1.29 is 19.0 Å². The summed E-state index contributed by atoms with van der Waals surface area (Å²) in [7, 11) is 4.70. The molecule has 0 bridgehead atoms. The van der Waals surface area contributed by atoms with Crippen LogP contribution in [0.1, 0.15) is 16.7 Å². The zero-order valence-electron chi connectivity index (χ0n) is 15.0. The lowest BCUT2D eigenvalue weighted by Crippen LogP contribution is -1.95. The molecule has 5 nitrogen and oxygen atoms in total. The van der Waals surface area contributed by atoms with Gasteiger partial charge in [-0.15, -0.1) is 0 Å². The summed E-state index contributed by atoms with van der Waals surface area (Å²) in [6.45, 7) is 2.02. The first-order chi connectivity index (χ1) is 12.5. The molecule has 0 aliphatic carbocycles. The lowest BCUT2D eigenvalue weighted by Gasteiger charge is -2.12. The average molecular weight is 369 g/mol. The number of amides is 1. The summed E-state index contributed by atoms with van der Waals surface area (Å²) < 4.78 is 16.0. The minimum Gasteiger partial charge on any atom is -0.496 e. The molecule has 1 aliphatic heterocycles. The molecule has 0 unspecified atom stereocenters. The first kappa shape index (κ1) is 18.1. The van der Waals surface area contributed by atoms with Gasteiger partial charge in [0, 0.05) is 17.2 Å². The van der Waals surface area contributed by atoms with Gasteiger partial charge in [0.15, 0.2) is 11.5 Å². The monoisotopic (exact) mass is 369 g/mol. The molecule has 1 amide bonds. The second-order valence-electron chi connectivity index (χ2n) is 5.65. The molecule has 0 radical (unpaired) electrons. The number of thioether (sulfide) groups is 1. The molecule has 2 aromatic carbocycles. The summed E-state index contributed by atoms with van der Waals surface area (Å²) >= 11 is 1.35. The van der Waals surface area contributed by atoms with Crippen LogP contribution >= 0.6 is 11.8 Å². The third kappa shape index (κ3) is 3.60. The molecular formula is C20H19NO4S. The van der Waals surface area contributed by atoms with Crippen molar-refractivity contribution in [1.29, 1.82) is 0 Å². The average Bonchev–Trinajstić information content (AvgIpc) is 3.02. The molecule has 0 atom stereocenters. The Balaban J connectivity index is 1.94. The van der Waals surface area contributed by atoms with Gasteiger partial charge >= 0.3 is 0 Å². The maximum Gasteiger partial charge on any atom is 0.284 e. The summed E-state index contributed by atoms with van der Waals surface area (Å²) in [5, 5.41) is 0.695. The maximum absolute atomic E-state index is 12.3. The Hall–Kier alpha value is -2.73. The van der Waals surface area contributed by atoms with Gasteiger partial charge in [-0.05, 0) is 19.1 Å². The van der Waals surface area contributed by atoms with Crippen LogP contribution in [0.2, 0.25) is 0 Å². The Morgan fingerprint density at radius 3 is 2.15 bits per heavy atom. The quantitative estimate of drug-likeness (QED) is 0.743. The van der Waals surface area contributed by atoms with E-state index in [1.54, 1.807) is 39.5 Å². The number of aliphatic imine (C=N–C) groups is 1. The summed E-state index contributed by atoms with van der Waals surface area (Å²) in [5.41, 5.74) is 2.81. The Kier molecular flexibility index (Phi) is 5.32. The minimum absolute atomic E-state index is 0.262. The lowest BCUT2D eigenvalue weighted by atomic mass is 10.1. The molecule has 0 aromatic heterocycles. The van der Waals surface area contributed by atoms with Crippen LogP contribution in [0, 0.1) is 6.92 Å². The van der Waals surface area contributed by atoms with E-state index in [1.807, 2.05) is 31.2 Å². The van der Waals surface area contributed by atoms with E-state index < -0.39 is 0 Å². The number of aryl methyl sites for hydroxylation is 1. The van der Waals surface area contributed by atoms with Crippen LogP contribution in [0.25, 0.3) is 6.08 Å². The van der Waals surface area contributed by atoms with Crippen molar-refractivity contribution in [2.75, 3.05) is 21.3 Å². The van der Waals surface area contributed by atoms with Gasteiger partial charge < -0.3 is 14.2 Å². The first-order valence-corrected chi connectivity index (χ1v) is 8.77. The molecule has 0 saturated heterocycles. The highest BCUT2D eigenvalue weighted by Gasteiger charge is 2.24. The number of carbonyl (C=O) groups is 1. The van der Waals surface area contributed by atoms with Crippen molar-refractivity contribution in [3.05, 3.63) is 58.0 Å². The highest BCUT2D eigenvalue weighted by molar-refractivity contribution is 8.19. The summed E-state index contributed by atoms with van der Waals surface area (Å²) in [4.78, 5) is 17.0. The van der Waals surface area contributed by atoms with Crippen LogP contribution in [0.3, 0.4) is 0 Å². The SMILES string of the molecule is COc1cc(OC)c(OC)cc1/C=C1\SC(c2ccc(C)cc2)=NC1=O. The smallest absolute Gasteiger partial charge is 0.284 e. The number of hydrogen-bond acceptors (Lipinski definition) is 5. The van der Waals surface area contributed by atoms with Gasteiger partial charge in [-0.25, -0.2) is 4.99 Å². The Labute approximate surface area is 156 Å². The van der Waals surface area contributed by atoms with E-state index in [4.69, 9.17) is 14.2 Å². The third-order valence-corrected chi connectivity index (χ3v) is 4.97. The number of hydrogen-bond donors (Lipinski definition) is 0. The van der Waals surface area contributed by atoms with Gasteiger partial charge in [-0.3, -0.25) is 4.79 Å². The number of ether oxygens (including phenoxy) is 3. The zero-order chi connectivity index (χ0) is 18.7. The standard InChI is InChI=1S/C20H19NO4S/c1-12-5-7-13(8-6-12)20-21-19(22)18(26-20)10-14-9-16(24-3)17(25-4)11-15(14)23-2/h5-11H,1-4H3/b18-10-. The largest absolute Gasteiger partial charge is 0.496 e. The third-order valence-electron chi connectivity index (χ3n) is 3.94. The van der Waals surface area contributed by atoms with Crippen molar-refractivity contribution in [3.8, 4) is 17.2 Å². The molecule has 1 aliphatic rings. The molecule has 26 heavy (non-hydrogen) atoms. The highest BCUT2D eigenvalue weighted by Crippen LogP contribution is 2.38. The number of benzene rings is 2. The summed E-state index contributed by atoms with van der Waals surface area (Å²) in [6, 6.07) is 11.5. The summed E-state index contributed by atoms with van der Waals surface area (Å²) in [6.07, 6.45) is 1.76. The minimum atomic E-state index is -0.262. The molecule has 134 valence electrons. The van der Waals surface area contributed by atoms with Crippen LogP contribution < -0.4 is 14.2 Å². The maximum atomic E-state index is 12.3. The fourth-order valence-electron chi connectivity index (χ4n) is 2.54.